The minimum atomic E-state index is -1.99. The van der Waals surface area contributed by atoms with Crippen LogP contribution in [-0.4, -0.2) is 193 Å². The molecule has 3 rings (SSSR count). The van der Waals surface area contributed by atoms with Gasteiger partial charge in [-0.3, -0.25) is 4.79 Å². The SMILES string of the molecule is CC/C=C\C/C=C\C/C=C\C/C=C\C/C=C\C/C=C\CCC(=O)NC(COC1OC(CO)C(OC2OC(CO)C(OC3OC(CO)C(O)C(O)C3O)C(O)C2O)C(O)C1O)C(O)/C=C/CCCC. The first-order chi connectivity index (χ1) is 32.8. The van der Waals surface area contributed by atoms with Crippen LogP contribution in [0.2, 0.25) is 0 Å². The van der Waals surface area contributed by atoms with Gasteiger partial charge in [-0.1, -0.05) is 112 Å². The van der Waals surface area contributed by atoms with Crippen molar-refractivity contribution in [1.29, 1.82) is 0 Å². The molecule has 388 valence electrons. The molecule has 19 heteroatoms. The number of carbonyl (C=O) groups excluding carboxylic acids is 1. The molecule has 0 bridgehead atoms. The number of allylic oxidation sites excluding steroid dienone is 13. The van der Waals surface area contributed by atoms with Gasteiger partial charge in [-0.25, -0.2) is 0 Å². The van der Waals surface area contributed by atoms with Gasteiger partial charge in [0.1, 0.15) is 73.2 Å². The molecule has 3 aliphatic heterocycles. The van der Waals surface area contributed by atoms with E-state index in [-0.39, 0.29) is 12.3 Å². The zero-order valence-corrected chi connectivity index (χ0v) is 39.3. The summed E-state index contributed by atoms with van der Waals surface area (Å²) in [6, 6.07) is -1.01. The highest BCUT2D eigenvalue weighted by Gasteiger charge is 2.53. The van der Waals surface area contributed by atoms with Crippen molar-refractivity contribution in [3.8, 4) is 0 Å². The Hall–Kier alpha value is -3.03. The Balaban J connectivity index is 1.52. The second-order valence-electron chi connectivity index (χ2n) is 16.8. The van der Waals surface area contributed by atoms with Crippen LogP contribution in [0.3, 0.4) is 0 Å². The van der Waals surface area contributed by atoms with Crippen LogP contribution in [-0.2, 0) is 33.2 Å². The Bertz CT molecular complexity index is 1580. The van der Waals surface area contributed by atoms with Gasteiger partial charge in [0.15, 0.2) is 18.9 Å². The van der Waals surface area contributed by atoms with Gasteiger partial charge < -0.3 is 89.9 Å². The fourth-order valence-corrected chi connectivity index (χ4v) is 7.43. The van der Waals surface area contributed by atoms with Crippen LogP contribution in [0.15, 0.2) is 85.1 Å². The van der Waals surface area contributed by atoms with Crippen molar-refractivity contribution < 1.29 is 89.4 Å². The molecule has 0 aromatic carbocycles. The van der Waals surface area contributed by atoms with E-state index in [2.05, 4.69) is 66.9 Å². The second-order valence-corrected chi connectivity index (χ2v) is 16.8. The number of amides is 1. The Labute approximate surface area is 400 Å². The largest absolute Gasteiger partial charge is 0.394 e. The van der Waals surface area contributed by atoms with E-state index in [9.17, 15) is 61.0 Å². The van der Waals surface area contributed by atoms with Crippen molar-refractivity contribution >= 4 is 5.91 Å². The second kappa shape index (κ2) is 33.5. The van der Waals surface area contributed by atoms with Crippen molar-refractivity contribution in [3.63, 3.8) is 0 Å². The number of nitrogens with one attached hydrogen (secondary N) is 1. The summed E-state index contributed by atoms with van der Waals surface area (Å²) in [6.07, 6.45) is 9.88. The van der Waals surface area contributed by atoms with E-state index >= 15 is 0 Å². The number of rotatable bonds is 30. The Kier molecular flexibility index (Phi) is 29.2. The number of hydrogen-bond donors (Lipinski definition) is 12. The standard InChI is InChI=1S/C49H79NO18/c1-3-5-7-9-10-11-12-13-14-15-16-17-18-19-20-21-22-23-25-27-37(55)50-32(33(54)26-24-8-6-4-2)31-63-47-43(61)40(58)45(35(29-52)65-47)68-49-44(62)41(59)46(36(30-53)66-49)67-48-42(60)39(57)38(56)34(28-51)64-48/h5,7,10-11,13-14,16-17,19-20,22-24,26,32-36,38-49,51-54,56-62H,3-4,6,8-9,12,15,18,21,25,27-31H2,1-2H3,(H,50,55)/b7-5-,11-10-,14-13-,17-16-,20-19-,23-22-,26-24+. The molecule has 12 N–H and O–H groups in total. The number of carbonyl (C=O) groups is 1. The third-order valence-corrected chi connectivity index (χ3v) is 11.5. The maximum Gasteiger partial charge on any atom is 0.220 e. The van der Waals surface area contributed by atoms with Crippen LogP contribution in [0.5, 0.6) is 0 Å². The van der Waals surface area contributed by atoms with Gasteiger partial charge in [0.25, 0.3) is 0 Å². The van der Waals surface area contributed by atoms with Crippen molar-refractivity contribution in [2.45, 2.75) is 189 Å². The molecular weight excluding hydrogens is 891 g/mol. The van der Waals surface area contributed by atoms with Gasteiger partial charge in [-0.15, -0.1) is 0 Å². The summed E-state index contributed by atoms with van der Waals surface area (Å²) in [5.74, 6) is -0.374. The molecule has 0 aliphatic carbocycles. The molecule has 3 aliphatic rings. The van der Waals surface area contributed by atoms with Crippen molar-refractivity contribution in [2.75, 3.05) is 26.4 Å². The van der Waals surface area contributed by atoms with E-state index < -0.39 is 131 Å². The summed E-state index contributed by atoms with van der Waals surface area (Å²) in [5.41, 5.74) is 0. The maximum absolute atomic E-state index is 13.0. The molecule has 0 aromatic rings. The fourth-order valence-electron chi connectivity index (χ4n) is 7.43. The van der Waals surface area contributed by atoms with Crippen molar-refractivity contribution in [3.05, 3.63) is 85.1 Å². The molecule has 0 saturated carbocycles. The lowest BCUT2D eigenvalue weighted by Gasteiger charge is -2.48. The number of aliphatic hydroxyl groups is 11. The lowest BCUT2D eigenvalue weighted by atomic mass is 9.96. The quantitative estimate of drug-likeness (QED) is 0.0345. The number of hydrogen-bond acceptors (Lipinski definition) is 18. The molecule has 68 heavy (non-hydrogen) atoms. The molecule has 3 fully saturated rings. The molecule has 3 heterocycles. The molecule has 0 spiro atoms. The average molecular weight is 970 g/mol. The van der Waals surface area contributed by atoms with Gasteiger partial charge in [0, 0.05) is 6.42 Å². The monoisotopic (exact) mass is 970 g/mol. The number of aliphatic hydroxyl groups excluding tert-OH is 11. The predicted molar refractivity (Wildman–Crippen MR) is 249 cm³/mol. The molecule has 3 saturated heterocycles. The Morgan fingerprint density at radius 3 is 1.47 bits per heavy atom. The van der Waals surface area contributed by atoms with Crippen LogP contribution in [0.25, 0.3) is 0 Å². The molecule has 19 nitrogen and oxygen atoms in total. The Morgan fingerprint density at radius 1 is 0.544 bits per heavy atom. The van der Waals surface area contributed by atoms with Crippen LogP contribution in [0.1, 0.15) is 84.5 Å². The summed E-state index contributed by atoms with van der Waals surface area (Å²) in [4.78, 5) is 13.0. The summed E-state index contributed by atoms with van der Waals surface area (Å²) in [5, 5.41) is 119. The normalized spacial score (nSPS) is 33.9. The van der Waals surface area contributed by atoms with E-state index in [0.29, 0.717) is 19.3 Å². The molecule has 1 amide bonds. The average Bonchev–Trinajstić information content (AvgIpc) is 3.33. The van der Waals surface area contributed by atoms with Gasteiger partial charge in [0.05, 0.1) is 38.6 Å². The predicted octanol–water partition coefficient (Wildman–Crippen LogP) is 0.521. The van der Waals surface area contributed by atoms with Crippen LogP contribution >= 0.6 is 0 Å². The first-order valence-corrected chi connectivity index (χ1v) is 23.8. The minimum absolute atomic E-state index is 0.110. The zero-order chi connectivity index (χ0) is 49.8. The summed E-state index contributed by atoms with van der Waals surface area (Å²) in [7, 11) is 0. The van der Waals surface area contributed by atoms with Gasteiger partial charge in [0.2, 0.25) is 5.91 Å². The number of ether oxygens (including phenoxy) is 6. The van der Waals surface area contributed by atoms with E-state index in [0.717, 1.165) is 44.9 Å². The van der Waals surface area contributed by atoms with E-state index in [1.54, 1.807) is 6.08 Å². The third-order valence-electron chi connectivity index (χ3n) is 11.5. The van der Waals surface area contributed by atoms with E-state index in [1.165, 1.54) is 6.08 Å². The first kappa shape index (κ1) is 59.3. The summed E-state index contributed by atoms with van der Waals surface area (Å²) in [6.45, 7) is 1.30. The lowest BCUT2D eigenvalue weighted by molar-refractivity contribution is -0.379. The van der Waals surface area contributed by atoms with Crippen LogP contribution in [0.4, 0.5) is 0 Å². The van der Waals surface area contributed by atoms with Crippen LogP contribution in [0, 0.1) is 0 Å². The third kappa shape index (κ3) is 19.6. The molecular formula is C49H79NO18. The topological polar surface area (TPSA) is 307 Å². The van der Waals surface area contributed by atoms with E-state index in [1.807, 2.05) is 25.2 Å². The minimum Gasteiger partial charge on any atom is -0.394 e. The van der Waals surface area contributed by atoms with Gasteiger partial charge >= 0.3 is 0 Å². The lowest BCUT2D eigenvalue weighted by Crippen LogP contribution is -2.66. The Morgan fingerprint density at radius 2 is 0.985 bits per heavy atom. The molecule has 17 atom stereocenters. The number of unbranched alkanes of at least 4 members (excludes halogenated alkanes) is 2. The molecule has 0 radical (unpaired) electrons. The fraction of sp³-hybridized carbons (Fsp3) is 0.694. The van der Waals surface area contributed by atoms with Crippen LogP contribution < -0.4 is 5.32 Å². The maximum atomic E-state index is 13.0. The zero-order valence-electron chi connectivity index (χ0n) is 39.3. The molecule has 0 aromatic heterocycles. The molecule has 17 unspecified atom stereocenters. The highest BCUT2D eigenvalue weighted by atomic mass is 16.8. The first-order valence-electron chi connectivity index (χ1n) is 23.8. The van der Waals surface area contributed by atoms with Gasteiger partial charge in [-0.05, 0) is 51.4 Å². The smallest absolute Gasteiger partial charge is 0.220 e. The van der Waals surface area contributed by atoms with Crippen molar-refractivity contribution in [2.24, 2.45) is 0 Å². The highest BCUT2D eigenvalue weighted by molar-refractivity contribution is 5.76. The summed E-state index contributed by atoms with van der Waals surface area (Å²) >= 11 is 0. The van der Waals surface area contributed by atoms with Gasteiger partial charge in [-0.2, -0.15) is 0 Å². The summed E-state index contributed by atoms with van der Waals surface area (Å²) < 4.78 is 33.8. The van der Waals surface area contributed by atoms with Crippen molar-refractivity contribution in [1.82, 2.24) is 5.32 Å². The highest BCUT2D eigenvalue weighted by Crippen LogP contribution is 2.33. The van der Waals surface area contributed by atoms with E-state index in [4.69, 9.17) is 28.4 Å².